The Balaban J connectivity index is 1.83. The lowest BCUT2D eigenvalue weighted by Gasteiger charge is -2.26. The van der Waals surface area contributed by atoms with Crippen LogP contribution in [-0.2, 0) is 21.5 Å². The SMILES string of the molecule is COc1ccc(/C(O)=C2/C(=O)C(=O)N(Cc3ccco3)C2c2ccc(C(C)(C)C)cc2)cc1. The number of amides is 1. The van der Waals surface area contributed by atoms with Crippen molar-refractivity contribution < 1.29 is 23.8 Å². The number of aliphatic hydroxyl groups is 1. The van der Waals surface area contributed by atoms with E-state index in [0.717, 1.165) is 11.1 Å². The highest BCUT2D eigenvalue weighted by molar-refractivity contribution is 6.46. The van der Waals surface area contributed by atoms with Gasteiger partial charge in [0, 0.05) is 5.56 Å². The molecule has 0 aliphatic carbocycles. The van der Waals surface area contributed by atoms with E-state index >= 15 is 0 Å². The normalized spacial score (nSPS) is 18.1. The van der Waals surface area contributed by atoms with Crippen molar-refractivity contribution in [3.63, 3.8) is 0 Å². The zero-order chi connectivity index (χ0) is 23.8. The molecule has 6 heteroatoms. The van der Waals surface area contributed by atoms with Gasteiger partial charge in [0.25, 0.3) is 11.7 Å². The fourth-order valence-electron chi connectivity index (χ4n) is 4.03. The molecule has 1 aliphatic heterocycles. The first kappa shape index (κ1) is 22.4. The van der Waals surface area contributed by atoms with E-state index in [1.165, 1.54) is 11.2 Å². The van der Waals surface area contributed by atoms with Crippen molar-refractivity contribution >= 4 is 17.4 Å². The second-order valence-electron chi connectivity index (χ2n) is 9.11. The lowest BCUT2D eigenvalue weighted by Crippen LogP contribution is -2.29. The Labute approximate surface area is 193 Å². The summed E-state index contributed by atoms with van der Waals surface area (Å²) in [5, 5.41) is 11.1. The number of ketones is 1. The molecule has 1 N–H and O–H groups in total. The maximum Gasteiger partial charge on any atom is 0.296 e. The molecule has 1 unspecified atom stereocenters. The highest BCUT2D eigenvalue weighted by Crippen LogP contribution is 2.41. The number of methoxy groups -OCH3 is 1. The average Bonchev–Trinajstić information content (AvgIpc) is 3.40. The van der Waals surface area contributed by atoms with Crippen LogP contribution in [0.5, 0.6) is 5.75 Å². The van der Waals surface area contributed by atoms with Crippen LogP contribution in [0.4, 0.5) is 0 Å². The maximum absolute atomic E-state index is 13.1. The van der Waals surface area contributed by atoms with Crippen molar-refractivity contribution in [3.05, 3.63) is 95.0 Å². The molecule has 1 fully saturated rings. The summed E-state index contributed by atoms with van der Waals surface area (Å²) in [6, 6.07) is 17.3. The first-order chi connectivity index (χ1) is 15.7. The van der Waals surface area contributed by atoms with Crippen LogP contribution in [0, 0.1) is 0 Å². The van der Waals surface area contributed by atoms with Crippen molar-refractivity contribution in [1.29, 1.82) is 0 Å². The van der Waals surface area contributed by atoms with Crippen molar-refractivity contribution in [3.8, 4) is 5.75 Å². The molecule has 1 aliphatic rings. The summed E-state index contributed by atoms with van der Waals surface area (Å²) in [5.41, 5.74) is 2.31. The molecule has 1 amide bonds. The molecule has 0 saturated carbocycles. The van der Waals surface area contributed by atoms with Gasteiger partial charge in [-0.05, 0) is 52.9 Å². The molecule has 3 aromatic rings. The van der Waals surface area contributed by atoms with Crippen LogP contribution in [0.15, 0.2) is 76.9 Å². The summed E-state index contributed by atoms with van der Waals surface area (Å²) in [4.78, 5) is 27.6. The van der Waals surface area contributed by atoms with Gasteiger partial charge in [-0.1, -0.05) is 45.0 Å². The smallest absolute Gasteiger partial charge is 0.296 e. The van der Waals surface area contributed by atoms with Crippen LogP contribution < -0.4 is 4.74 Å². The van der Waals surface area contributed by atoms with E-state index in [1.807, 2.05) is 24.3 Å². The average molecular weight is 446 g/mol. The number of hydrogen-bond donors (Lipinski definition) is 1. The lowest BCUT2D eigenvalue weighted by atomic mass is 9.85. The van der Waals surface area contributed by atoms with Gasteiger partial charge in [0.2, 0.25) is 0 Å². The van der Waals surface area contributed by atoms with E-state index in [2.05, 4.69) is 20.8 Å². The molecule has 33 heavy (non-hydrogen) atoms. The second kappa shape index (κ2) is 8.62. The number of furan rings is 1. The molecule has 0 radical (unpaired) electrons. The zero-order valence-corrected chi connectivity index (χ0v) is 19.2. The van der Waals surface area contributed by atoms with Gasteiger partial charge in [-0.3, -0.25) is 9.59 Å². The number of nitrogens with zero attached hydrogens (tertiary/aromatic N) is 1. The second-order valence-corrected chi connectivity index (χ2v) is 9.11. The number of carbonyl (C=O) groups excluding carboxylic acids is 2. The van der Waals surface area contributed by atoms with Gasteiger partial charge >= 0.3 is 0 Å². The van der Waals surface area contributed by atoms with Crippen molar-refractivity contribution in [1.82, 2.24) is 4.90 Å². The van der Waals surface area contributed by atoms with E-state index in [1.54, 1.807) is 43.5 Å². The predicted octanol–water partition coefficient (Wildman–Crippen LogP) is 5.21. The fraction of sp³-hybridized carbons (Fsp3) is 0.259. The molecule has 1 atom stereocenters. The highest BCUT2D eigenvalue weighted by Gasteiger charge is 2.46. The molecule has 0 bridgehead atoms. The molecule has 170 valence electrons. The molecular formula is C27H27NO5. The van der Waals surface area contributed by atoms with Gasteiger partial charge in [-0.15, -0.1) is 0 Å². The minimum absolute atomic E-state index is 0.0440. The quantitative estimate of drug-likeness (QED) is 0.331. The van der Waals surface area contributed by atoms with Crippen molar-refractivity contribution in [2.45, 2.75) is 38.8 Å². The fourth-order valence-corrected chi connectivity index (χ4v) is 4.03. The maximum atomic E-state index is 13.1. The standard InChI is InChI=1S/C27H27NO5/c1-27(2,3)19-11-7-17(8-12-19)23-22(24(29)18-9-13-20(32-4)14-10-18)25(30)26(31)28(23)16-21-6-5-15-33-21/h5-15,23,29H,16H2,1-4H3/b24-22-. The number of rotatable bonds is 5. The summed E-state index contributed by atoms with van der Waals surface area (Å²) in [6.07, 6.45) is 1.52. The van der Waals surface area contributed by atoms with Crippen molar-refractivity contribution in [2.75, 3.05) is 7.11 Å². The Hall–Kier alpha value is -3.80. The Morgan fingerprint density at radius 1 is 1.03 bits per heavy atom. The number of likely N-dealkylation sites (tertiary alicyclic amines) is 1. The summed E-state index contributed by atoms with van der Waals surface area (Å²) in [7, 11) is 1.55. The molecule has 4 rings (SSSR count). The van der Waals surface area contributed by atoms with Crippen LogP contribution in [0.3, 0.4) is 0 Å². The van der Waals surface area contributed by atoms with Crippen LogP contribution in [0.1, 0.15) is 49.3 Å². The first-order valence-electron chi connectivity index (χ1n) is 10.8. The van der Waals surface area contributed by atoms with Gasteiger partial charge in [0.15, 0.2) is 0 Å². The van der Waals surface area contributed by atoms with Crippen molar-refractivity contribution in [2.24, 2.45) is 0 Å². The minimum Gasteiger partial charge on any atom is -0.507 e. The number of hydrogen-bond acceptors (Lipinski definition) is 5. The minimum atomic E-state index is -0.744. The summed E-state index contributed by atoms with van der Waals surface area (Å²) in [5.74, 6) is -0.439. The van der Waals surface area contributed by atoms with Crippen LogP contribution in [-0.4, -0.2) is 28.8 Å². The first-order valence-corrected chi connectivity index (χ1v) is 10.8. The Kier molecular flexibility index (Phi) is 5.85. The monoisotopic (exact) mass is 445 g/mol. The highest BCUT2D eigenvalue weighted by atomic mass is 16.5. The third-order valence-corrected chi connectivity index (χ3v) is 5.90. The molecule has 2 aromatic carbocycles. The molecule has 6 nitrogen and oxygen atoms in total. The number of ether oxygens (including phenoxy) is 1. The van der Waals surface area contributed by atoms with Gasteiger partial charge in [-0.2, -0.15) is 0 Å². The lowest BCUT2D eigenvalue weighted by molar-refractivity contribution is -0.140. The van der Waals surface area contributed by atoms with E-state index in [-0.39, 0.29) is 23.3 Å². The molecule has 0 spiro atoms. The topological polar surface area (TPSA) is 80.0 Å². The number of Topliss-reactive ketones (excluding diaryl/α,β-unsaturated/α-hetero) is 1. The van der Waals surface area contributed by atoms with Crippen LogP contribution in [0.25, 0.3) is 5.76 Å². The Morgan fingerprint density at radius 3 is 2.24 bits per heavy atom. The number of carbonyl (C=O) groups is 2. The molecule has 1 aromatic heterocycles. The number of aliphatic hydroxyl groups excluding tert-OH is 1. The number of benzene rings is 2. The van der Waals surface area contributed by atoms with Crippen LogP contribution >= 0.6 is 0 Å². The predicted molar refractivity (Wildman–Crippen MR) is 125 cm³/mol. The zero-order valence-electron chi connectivity index (χ0n) is 19.2. The van der Waals surface area contributed by atoms with E-state index in [4.69, 9.17) is 9.15 Å². The third-order valence-electron chi connectivity index (χ3n) is 5.90. The third kappa shape index (κ3) is 4.29. The van der Waals surface area contributed by atoms with Gasteiger partial charge in [-0.25, -0.2) is 0 Å². The largest absolute Gasteiger partial charge is 0.507 e. The van der Waals surface area contributed by atoms with E-state index in [9.17, 15) is 14.7 Å². The van der Waals surface area contributed by atoms with Gasteiger partial charge in [0.05, 0.1) is 31.5 Å². The van der Waals surface area contributed by atoms with E-state index in [0.29, 0.717) is 17.1 Å². The summed E-state index contributed by atoms with van der Waals surface area (Å²) in [6.45, 7) is 6.47. The molecule has 1 saturated heterocycles. The van der Waals surface area contributed by atoms with Gasteiger partial charge in [0.1, 0.15) is 17.3 Å². The molecule has 2 heterocycles. The summed E-state index contributed by atoms with van der Waals surface area (Å²) < 4.78 is 10.6. The van der Waals surface area contributed by atoms with Gasteiger partial charge < -0.3 is 19.2 Å². The molecular weight excluding hydrogens is 418 g/mol. The Morgan fingerprint density at radius 2 is 1.70 bits per heavy atom. The summed E-state index contributed by atoms with van der Waals surface area (Å²) >= 11 is 0. The van der Waals surface area contributed by atoms with Crippen LogP contribution in [0.2, 0.25) is 0 Å². The van der Waals surface area contributed by atoms with E-state index < -0.39 is 17.7 Å². The Bertz CT molecular complexity index is 1180.